The van der Waals surface area contributed by atoms with Gasteiger partial charge in [0.2, 0.25) is 0 Å². The van der Waals surface area contributed by atoms with Gasteiger partial charge in [-0.15, -0.1) is 0 Å². The zero-order valence-electron chi connectivity index (χ0n) is 14.8. The molecule has 0 aromatic heterocycles. The third-order valence-electron chi connectivity index (χ3n) is 5.30. The van der Waals surface area contributed by atoms with Crippen LogP contribution in [0.15, 0.2) is 0 Å². The minimum atomic E-state index is 0.357. The van der Waals surface area contributed by atoms with Crippen molar-refractivity contribution in [3.63, 3.8) is 0 Å². The summed E-state index contributed by atoms with van der Waals surface area (Å²) in [6.07, 6.45) is 4.15. The topological polar surface area (TPSA) is 15.3 Å². The first-order valence-electron chi connectivity index (χ1n) is 8.50. The van der Waals surface area contributed by atoms with E-state index in [0.717, 1.165) is 12.5 Å². The lowest BCUT2D eigenvalue weighted by molar-refractivity contribution is 0.0140. The summed E-state index contributed by atoms with van der Waals surface area (Å²) in [6, 6.07) is 0.664. The van der Waals surface area contributed by atoms with Crippen LogP contribution in [0.2, 0.25) is 0 Å². The van der Waals surface area contributed by atoms with Crippen LogP contribution in [0, 0.1) is 16.7 Å². The minimum absolute atomic E-state index is 0.357. The molecule has 1 saturated heterocycles. The maximum Gasteiger partial charge on any atom is 0.0309 e. The molecule has 0 aromatic rings. The van der Waals surface area contributed by atoms with Gasteiger partial charge in [0.05, 0.1) is 0 Å². The highest BCUT2D eigenvalue weighted by Crippen LogP contribution is 2.43. The summed E-state index contributed by atoms with van der Waals surface area (Å²) in [7, 11) is 0. The van der Waals surface area contributed by atoms with Gasteiger partial charge in [0, 0.05) is 24.7 Å². The highest BCUT2D eigenvalue weighted by Gasteiger charge is 2.47. The summed E-state index contributed by atoms with van der Waals surface area (Å²) in [5, 5.41) is 3.90. The van der Waals surface area contributed by atoms with Gasteiger partial charge >= 0.3 is 0 Å². The Morgan fingerprint density at radius 3 is 2.15 bits per heavy atom. The number of nitrogens with one attached hydrogen (secondary N) is 1. The number of rotatable bonds is 3. The third-order valence-corrected chi connectivity index (χ3v) is 5.30. The number of nitrogens with zero attached hydrogens (tertiary/aromatic N) is 1. The van der Waals surface area contributed by atoms with E-state index in [-0.39, 0.29) is 0 Å². The SMILES string of the molecule is CC(C)(C)CCN1CC(C)(C2CC2)NCC1C(C)(C)C. The fraction of sp³-hybridized carbons (Fsp3) is 1.00. The molecule has 1 heterocycles. The zero-order chi connectivity index (χ0) is 15.2. The average molecular weight is 280 g/mol. The molecule has 0 aromatic carbocycles. The molecule has 1 aliphatic heterocycles. The molecule has 2 aliphatic rings. The fourth-order valence-corrected chi connectivity index (χ4v) is 3.61. The van der Waals surface area contributed by atoms with Crippen LogP contribution >= 0.6 is 0 Å². The van der Waals surface area contributed by atoms with Crippen molar-refractivity contribution in [3.05, 3.63) is 0 Å². The molecule has 0 amide bonds. The second-order valence-corrected chi connectivity index (χ2v) is 9.74. The predicted octanol–water partition coefficient (Wildman–Crippen LogP) is 3.91. The molecule has 2 nitrogen and oxygen atoms in total. The summed E-state index contributed by atoms with van der Waals surface area (Å²) in [6.45, 7) is 20.3. The molecule has 0 radical (unpaired) electrons. The molecule has 2 atom stereocenters. The Morgan fingerprint density at radius 1 is 1.10 bits per heavy atom. The molecule has 2 rings (SSSR count). The van der Waals surface area contributed by atoms with Crippen molar-refractivity contribution in [1.29, 1.82) is 0 Å². The smallest absolute Gasteiger partial charge is 0.0309 e. The lowest BCUT2D eigenvalue weighted by Gasteiger charge is -2.51. The molecule has 20 heavy (non-hydrogen) atoms. The van der Waals surface area contributed by atoms with E-state index in [2.05, 4.69) is 58.7 Å². The molecule has 118 valence electrons. The molecular formula is C18H36N2. The highest BCUT2D eigenvalue weighted by molar-refractivity contribution is 5.05. The van der Waals surface area contributed by atoms with E-state index in [9.17, 15) is 0 Å². The van der Waals surface area contributed by atoms with Crippen LogP contribution in [0.4, 0.5) is 0 Å². The number of piperazine rings is 1. The molecule has 1 N–H and O–H groups in total. The standard InChI is InChI=1S/C18H36N2/c1-16(2,3)10-11-20-13-18(7,14-8-9-14)19-12-15(20)17(4,5)6/h14-15,19H,8-13H2,1-7H3. The first-order valence-corrected chi connectivity index (χ1v) is 8.50. The Kier molecular flexibility index (Phi) is 4.30. The van der Waals surface area contributed by atoms with Gasteiger partial charge in [0.1, 0.15) is 0 Å². The highest BCUT2D eigenvalue weighted by atomic mass is 15.3. The Hall–Kier alpha value is -0.0800. The van der Waals surface area contributed by atoms with E-state index in [0.29, 0.717) is 22.4 Å². The Balaban J connectivity index is 2.06. The lowest BCUT2D eigenvalue weighted by Crippen LogP contribution is -2.66. The average Bonchev–Trinajstić information content (AvgIpc) is 3.07. The van der Waals surface area contributed by atoms with Crippen molar-refractivity contribution < 1.29 is 0 Å². The largest absolute Gasteiger partial charge is 0.308 e. The Labute approximate surface area is 126 Å². The van der Waals surface area contributed by atoms with E-state index in [4.69, 9.17) is 0 Å². The van der Waals surface area contributed by atoms with E-state index >= 15 is 0 Å². The van der Waals surface area contributed by atoms with Crippen LogP contribution in [0.25, 0.3) is 0 Å². The van der Waals surface area contributed by atoms with Crippen LogP contribution in [0.3, 0.4) is 0 Å². The van der Waals surface area contributed by atoms with Crippen LogP contribution in [0.5, 0.6) is 0 Å². The lowest BCUT2D eigenvalue weighted by atomic mass is 9.80. The Bertz CT molecular complexity index is 332. The molecule has 1 aliphatic carbocycles. The number of hydrogen-bond donors (Lipinski definition) is 1. The summed E-state index contributed by atoms with van der Waals surface area (Å²) >= 11 is 0. The van der Waals surface area contributed by atoms with Gasteiger partial charge in [-0.2, -0.15) is 0 Å². The van der Waals surface area contributed by atoms with Crippen LogP contribution in [0.1, 0.15) is 67.7 Å². The molecule has 1 saturated carbocycles. The summed E-state index contributed by atoms with van der Waals surface area (Å²) in [5.41, 5.74) is 1.15. The van der Waals surface area contributed by atoms with Gasteiger partial charge in [-0.25, -0.2) is 0 Å². The molecule has 0 bridgehead atoms. The number of hydrogen-bond acceptors (Lipinski definition) is 2. The van der Waals surface area contributed by atoms with E-state index in [1.807, 2.05) is 0 Å². The Morgan fingerprint density at radius 2 is 1.70 bits per heavy atom. The van der Waals surface area contributed by atoms with Crippen molar-refractivity contribution in [1.82, 2.24) is 10.2 Å². The predicted molar refractivity (Wildman–Crippen MR) is 88.0 cm³/mol. The first-order chi connectivity index (χ1) is 9.01. The molecule has 0 spiro atoms. The van der Waals surface area contributed by atoms with Crippen LogP contribution < -0.4 is 5.32 Å². The monoisotopic (exact) mass is 280 g/mol. The van der Waals surface area contributed by atoms with E-state index in [1.165, 1.54) is 32.4 Å². The second kappa shape index (κ2) is 5.28. The van der Waals surface area contributed by atoms with Crippen molar-refractivity contribution >= 4 is 0 Å². The van der Waals surface area contributed by atoms with Crippen molar-refractivity contribution in [3.8, 4) is 0 Å². The van der Waals surface area contributed by atoms with Gasteiger partial charge in [0.15, 0.2) is 0 Å². The molecule has 2 heteroatoms. The van der Waals surface area contributed by atoms with Crippen molar-refractivity contribution in [2.24, 2.45) is 16.7 Å². The van der Waals surface area contributed by atoms with Crippen molar-refractivity contribution in [2.45, 2.75) is 79.3 Å². The van der Waals surface area contributed by atoms with Crippen LogP contribution in [-0.2, 0) is 0 Å². The molecule has 2 unspecified atom stereocenters. The van der Waals surface area contributed by atoms with Crippen LogP contribution in [-0.4, -0.2) is 36.1 Å². The first kappa shape index (κ1) is 16.3. The van der Waals surface area contributed by atoms with Gasteiger partial charge in [-0.1, -0.05) is 41.5 Å². The van der Waals surface area contributed by atoms with E-state index in [1.54, 1.807) is 0 Å². The minimum Gasteiger partial charge on any atom is -0.308 e. The van der Waals surface area contributed by atoms with Gasteiger partial charge in [0.25, 0.3) is 0 Å². The van der Waals surface area contributed by atoms with E-state index < -0.39 is 0 Å². The summed E-state index contributed by atoms with van der Waals surface area (Å²) in [5.74, 6) is 0.917. The molecular weight excluding hydrogens is 244 g/mol. The van der Waals surface area contributed by atoms with Gasteiger partial charge in [-0.3, -0.25) is 4.90 Å². The fourth-order valence-electron chi connectivity index (χ4n) is 3.61. The van der Waals surface area contributed by atoms with Gasteiger partial charge < -0.3 is 5.32 Å². The summed E-state index contributed by atoms with van der Waals surface area (Å²) in [4.78, 5) is 2.79. The zero-order valence-corrected chi connectivity index (χ0v) is 14.8. The maximum atomic E-state index is 3.90. The molecule has 2 fully saturated rings. The second-order valence-electron chi connectivity index (χ2n) is 9.74. The maximum absolute atomic E-state index is 3.90. The third kappa shape index (κ3) is 3.98. The van der Waals surface area contributed by atoms with Gasteiger partial charge in [-0.05, 0) is 49.5 Å². The summed E-state index contributed by atoms with van der Waals surface area (Å²) < 4.78 is 0. The normalized spacial score (nSPS) is 33.5. The van der Waals surface area contributed by atoms with Crippen molar-refractivity contribution in [2.75, 3.05) is 19.6 Å². The quantitative estimate of drug-likeness (QED) is 0.843.